The van der Waals surface area contributed by atoms with Gasteiger partial charge in [0.05, 0.1) is 11.4 Å². The fourth-order valence-corrected chi connectivity index (χ4v) is 2.83. The van der Waals surface area contributed by atoms with Crippen molar-refractivity contribution >= 4 is 0 Å². The van der Waals surface area contributed by atoms with Crippen molar-refractivity contribution in [3.05, 3.63) is 83.9 Å². The molecule has 2 aromatic heterocycles. The average Bonchev–Trinajstić information content (AvgIpc) is 2.69. The highest BCUT2D eigenvalue weighted by molar-refractivity contribution is 5.38. The van der Waals surface area contributed by atoms with E-state index < -0.39 is 0 Å². The van der Waals surface area contributed by atoms with E-state index in [4.69, 9.17) is 0 Å². The van der Waals surface area contributed by atoms with Crippen LogP contribution < -0.4 is 5.32 Å². The van der Waals surface area contributed by atoms with Crippen molar-refractivity contribution in [2.24, 2.45) is 0 Å². The van der Waals surface area contributed by atoms with Crippen molar-refractivity contribution in [3.8, 4) is 11.5 Å². The number of rotatable bonds is 9. The molecular weight excluding hydrogens is 340 g/mol. The van der Waals surface area contributed by atoms with Gasteiger partial charge in [-0.25, -0.2) is 0 Å². The summed E-state index contributed by atoms with van der Waals surface area (Å²) < 4.78 is 0. The minimum atomic E-state index is 0.147. The normalized spacial score (nSPS) is 11.0. The van der Waals surface area contributed by atoms with E-state index in [9.17, 15) is 10.2 Å². The van der Waals surface area contributed by atoms with Crippen molar-refractivity contribution < 1.29 is 10.2 Å². The second-order valence-corrected chi connectivity index (χ2v) is 6.34. The topological polar surface area (TPSA) is 81.5 Å². The molecule has 0 saturated heterocycles. The van der Waals surface area contributed by atoms with E-state index in [0.29, 0.717) is 25.2 Å². The summed E-state index contributed by atoms with van der Waals surface area (Å²) in [6.45, 7) is 3.40. The molecule has 0 saturated carbocycles. The Hall–Kier alpha value is -2.96. The number of benzene rings is 1. The molecule has 0 bridgehead atoms. The van der Waals surface area contributed by atoms with E-state index in [1.165, 1.54) is 12.1 Å². The van der Waals surface area contributed by atoms with E-state index in [0.717, 1.165) is 24.5 Å². The Labute approximate surface area is 159 Å². The van der Waals surface area contributed by atoms with Crippen LogP contribution in [0.25, 0.3) is 0 Å². The Morgan fingerprint density at radius 1 is 0.852 bits per heavy atom. The van der Waals surface area contributed by atoms with Crippen LogP contribution in [0, 0.1) is 0 Å². The zero-order valence-corrected chi connectivity index (χ0v) is 15.1. The largest absolute Gasteiger partial charge is 0.508 e. The summed E-state index contributed by atoms with van der Waals surface area (Å²) in [5.74, 6) is 0.328. The Morgan fingerprint density at radius 3 is 2.30 bits per heavy atom. The first-order valence-electron chi connectivity index (χ1n) is 8.94. The molecule has 3 N–H and O–H groups in total. The summed E-state index contributed by atoms with van der Waals surface area (Å²) in [5, 5.41) is 23.2. The zero-order valence-electron chi connectivity index (χ0n) is 15.1. The van der Waals surface area contributed by atoms with Crippen molar-refractivity contribution in [3.63, 3.8) is 0 Å². The van der Waals surface area contributed by atoms with Crippen LogP contribution in [0.5, 0.6) is 11.5 Å². The van der Waals surface area contributed by atoms with Gasteiger partial charge in [0.25, 0.3) is 0 Å². The second-order valence-electron chi connectivity index (χ2n) is 6.34. The molecule has 27 heavy (non-hydrogen) atoms. The van der Waals surface area contributed by atoms with Gasteiger partial charge in [-0.1, -0.05) is 12.1 Å². The van der Waals surface area contributed by atoms with Gasteiger partial charge in [-0.2, -0.15) is 0 Å². The van der Waals surface area contributed by atoms with E-state index in [1.807, 2.05) is 36.4 Å². The maximum atomic E-state index is 10.1. The number of nitrogens with zero attached hydrogens (tertiary/aromatic N) is 3. The first-order valence-corrected chi connectivity index (χ1v) is 8.94. The van der Waals surface area contributed by atoms with Crippen LogP contribution in [0.15, 0.2) is 67.0 Å². The second kappa shape index (κ2) is 9.66. The smallest absolute Gasteiger partial charge is 0.120 e. The van der Waals surface area contributed by atoms with Gasteiger partial charge in [0, 0.05) is 50.7 Å². The third-order valence-corrected chi connectivity index (χ3v) is 4.21. The quantitative estimate of drug-likeness (QED) is 0.400. The van der Waals surface area contributed by atoms with Gasteiger partial charge >= 0.3 is 0 Å². The van der Waals surface area contributed by atoms with Gasteiger partial charge in [-0.3, -0.25) is 14.9 Å². The molecule has 2 heterocycles. The molecule has 0 aliphatic carbocycles. The number of phenols is 2. The molecule has 0 unspecified atom stereocenters. The van der Waals surface area contributed by atoms with Crippen molar-refractivity contribution in [2.45, 2.75) is 19.6 Å². The maximum Gasteiger partial charge on any atom is 0.120 e. The number of hydrogen-bond donors (Lipinski definition) is 3. The fraction of sp³-hybridized carbons (Fsp3) is 0.238. The molecule has 0 aliphatic heterocycles. The van der Waals surface area contributed by atoms with E-state index in [2.05, 4.69) is 20.2 Å². The third-order valence-electron chi connectivity index (χ3n) is 4.21. The Morgan fingerprint density at radius 2 is 1.59 bits per heavy atom. The fourth-order valence-electron chi connectivity index (χ4n) is 2.83. The van der Waals surface area contributed by atoms with Gasteiger partial charge < -0.3 is 15.5 Å². The number of nitrogens with one attached hydrogen (secondary N) is 1. The molecular formula is C21H24N4O2. The molecule has 140 valence electrons. The van der Waals surface area contributed by atoms with Crippen LogP contribution in [0.4, 0.5) is 0 Å². The van der Waals surface area contributed by atoms with Gasteiger partial charge in [0.2, 0.25) is 0 Å². The first kappa shape index (κ1) is 18.8. The summed E-state index contributed by atoms with van der Waals surface area (Å²) in [6, 6.07) is 16.3. The molecule has 0 fully saturated rings. The third kappa shape index (κ3) is 6.06. The maximum absolute atomic E-state index is 10.1. The van der Waals surface area contributed by atoms with E-state index in [1.54, 1.807) is 18.5 Å². The summed E-state index contributed by atoms with van der Waals surface area (Å²) in [5.41, 5.74) is 2.65. The molecule has 6 nitrogen and oxygen atoms in total. The van der Waals surface area contributed by atoms with Crippen molar-refractivity contribution in [2.75, 3.05) is 13.1 Å². The minimum Gasteiger partial charge on any atom is -0.508 e. The van der Waals surface area contributed by atoms with Crippen LogP contribution in [0.1, 0.15) is 17.0 Å². The van der Waals surface area contributed by atoms with E-state index >= 15 is 0 Å². The summed E-state index contributed by atoms with van der Waals surface area (Å²) in [6.07, 6.45) is 3.56. The molecule has 0 spiro atoms. The van der Waals surface area contributed by atoms with E-state index in [-0.39, 0.29) is 11.5 Å². The van der Waals surface area contributed by atoms with Gasteiger partial charge in [-0.15, -0.1) is 0 Å². The summed E-state index contributed by atoms with van der Waals surface area (Å²) in [7, 11) is 0. The van der Waals surface area contributed by atoms with Crippen LogP contribution >= 0.6 is 0 Å². The molecule has 3 aromatic rings. The number of hydrogen-bond acceptors (Lipinski definition) is 6. The predicted molar refractivity (Wildman–Crippen MR) is 104 cm³/mol. The molecule has 1 aromatic carbocycles. The monoisotopic (exact) mass is 364 g/mol. The lowest BCUT2D eigenvalue weighted by atomic mass is 10.1. The molecule has 3 rings (SSSR count). The molecule has 0 radical (unpaired) electrons. The summed E-state index contributed by atoms with van der Waals surface area (Å²) in [4.78, 5) is 10.9. The van der Waals surface area contributed by atoms with Crippen LogP contribution in [-0.2, 0) is 19.6 Å². The lowest BCUT2D eigenvalue weighted by Crippen LogP contribution is -2.31. The molecule has 0 aliphatic rings. The lowest BCUT2D eigenvalue weighted by Gasteiger charge is -2.23. The lowest BCUT2D eigenvalue weighted by molar-refractivity contribution is 0.249. The predicted octanol–water partition coefficient (Wildman–Crippen LogP) is 2.68. The highest BCUT2D eigenvalue weighted by Gasteiger charge is 2.11. The number of aromatic hydroxyl groups is 2. The summed E-state index contributed by atoms with van der Waals surface area (Å²) >= 11 is 0. The van der Waals surface area contributed by atoms with Crippen molar-refractivity contribution in [1.29, 1.82) is 0 Å². The highest BCUT2D eigenvalue weighted by Crippen LogP contribution is 2.23. The molecule has 0 atom stereocenters. The Balaban J connectivity index is 1.61. The molecule has 6 heteroatoms. The van der Waals surface area contributed by atoms with Crippen LogP contribution in [-0.4, -0.2) is 38.2 Å². The standard InChI is InChI=1S/C21H24N4O2/c26-20-7-8-21(27)17(13-20)15-25(16-19-6-2-4-10-24-19)12-11-22-14-18-5-1-3-9-23-18/h1-10,13,22,26-27H,11-12,14-16H2. The Bertz CT molecular complexity index is 828. The average molecular weight is 364 g/mol. The SMILES string of the molecule is Oc1ccc(O)c(CN(CCNCc2ccccn2)Cc2ccccn2)c1. The first-order chi connectivity index (χ1) is 13.2. The zero-order chi connectivity index (χ0) is 18.9. The van der Waals surface area contributed by atoms with Gasteiger partial charge in [-0.05, 0) is 42.5 Å². The van der Waals surface area contributed by atoms with Crippen LogP contribution in [0.2, 0.25) is 0 Å². The number of aromatic nitrogens is 2. The van der Waals surface area contributed by atoms with Gasteiger partial charge in [0.1, 0.15) is 11.5 Å². The molecule has 0 amide bonds. The van der Waals surface area contributed by atoms with Crippen molar-refractivity contribution in [1.82, 2.24) is 20.2 Å². The number of phenolic OH excluding ortho intramolecular Hbond substituents is 2. The number of pyridine rings is 2. The highest BCUT2D eigenvalue weighted by atomic mass is 16.3. The Kier molecular flexibility index (Phi) is 6.73. The van der Waals surface area contributed by atoms with Gasteiger partial charge in [0.15, 0.2) is 0 Å². The van der Waals surface area contributed by atoms with Crippen LogP contribution in [0.3, 0.4) is 0 Å². The minimum absolute atomic E-state index is 0.147.